The van der Waals surface area contributed by atoms with Crippen molar-refractivity contribution in [2.45, 2.75) is 5.92 Å². The second-order valence-electron chi connectivity index (χ2n) is 3.64. The van der Waals surface area contributed by atoms with Gasteiger partial charge in [-0.3, -0.25) is 10.1 Å². The molecule has 1 aromatic carbocycles. The van der Waals surface area contributed by atoms with Crippen molar-refractivity contribution in [3.05, 3.63) is 29.6 Å². The fourth-order valence-corrected chi connectivity index (χ4v) is 1.70. The Bertz CT molecular complexity index is 476. The van der Waals surface area contributed by atoms with Crippen LogP contribution in [0.15, 0.2) is 18.2 Å². The molecule has 1 saturated heterocycles. The van der Waals surface area contributed by atoms with Crippen LogP contribution in [0.5, 0.6) is 5.75 Å². The fraction of sp³-hybridized carbons (Fsp3) is 0.273. The Kier molecular flexibility index (Phi) is 2.95. The smallest absolute Gasteiger partial charge is 0.321 e. The average Bonchev–Trinajstić information content (AvgIpc) is 2.30. The van der Waals surface area contributed by atoms with Gasteiger partial charge in [0.2, 0.25) is 5.91 Å². The molecule has 0 radical (unpaired) electrons. The first-order chi connectivity index (χ1) is 8.11. The standard InChI is InChI=1S/C11H11FN2O3/c1-17-6-2-3-9(12)7(4-6)8-5-13-11(16)14-10(8)15/h2-4,8H,5H2,1H3,(H2,13,14,15,16). The van der Waals surface area contributed by atoms with Crippen molar-refractivity contribution in [3.8, 4) is 5.75 Å². The second-order valence-corrected chi connectivity index (χ2v) is 3.64. The minimum atomic E-state index is -0.734. The molecule has 2 N–H and O–H groups in total. The molecule has 1 atom stereocenters. The van der Waals surface area contributed by atoms with Crippen LogP contribution in [0.4, 0.5) is 9.18 Å². The number of nitrogens with one attached hydrogen (secondary N) is 2. The number of imide groups is 1. The van der Waals surface area contributed by atoms with Crippen molar-refractivity contribution in [1.29, 1.82) is 0 Å². The minimum Gasteiger partial charge on any atom is -0.497 e. The first kappa shape index (κ1) is 11.4. The van der Waals surface area contributed by atoms with E-state index in [0.717, 1.165) is 0 Å². The van der Waals surface area contributed by atoms with E-state index >= 15 is 0 Å². The summed E-state index contributed by atoms with van der Waals surface area (Å²) >= 11 is 0. The van der Waals surface area contributed by atoms with Crippen LogP contribution in [0.2, 0.25) is 0 Å². The maximum atomic E-state index is 13.6. The van der Waals surface area contributed by atoms with Gasteiger partial charge >= 0.3 is 6.03 Å². The van der Waals surface area contributed by atoms with Crippen LogP contribution < -0.4 is 15.4 Å². The lowest BCUT2D eigenvalue weighted by molar-refractivity contribution is -0.122. The molecule has 2 rings (SSSR count). The SMILES string of the molecule is COc1ccc(F)c(C2CNC(=O)NC2=O)c1. The maximum absolute atomic E-state index is 13.6. The molecule has 1 aliphatic rings. The number of hydrogen-bond acceptors (Lipinski definition) is 3. The molecule has 1 unspecified atom stereocenters. The van der Waals surface area contributed by atoms with Gasteiger partial charge < -0.3 is 10.1 Å². The molecule has 1 aliphatic heterocycles. The van der Waals surface area contributed by atoms with Gasteiger partial charge in [-0.25, -0.2) is 9.18 Å². The van der Waals surface area contributed by atoms with E-state index in [0.29, 0.717) is 5.75 Å². The number of amides is 3. The highest BCUT2D eigenvalue weighted by atomic mass is 19.1. The van der Waals surface area contributed by atoms with Crippen molar-refractivity contribution in [1.82, 2.24) is 10.6 Å². The highest BCUT2D eigenvalue weighted by Crippen LogP contribution is 2.25. The van der Waals surface area contributed by atoms with Crippen molar-refractivity contribution in [3.63, 3.8) is 0 Å². The topological polar surface area (TPSA) is 67.4 Å². The van der Waals surface area contributed by atoms with Gasteiger partial charge in [0.25, 0.3) is 0 Å². The number of halogens is 1. The molecule has 3 amide bonds. The van der Waals surface area contributed by atoms with E-state index in [1.807, 2.05) is 0 Å². The van der Waals surface area contributed by atoms with E-state index in [1.165, 1.54) is 25.3 Å². The average molecular weight is 238 g/mol. The molecule has 5 nitrogen and oxygen atoms in total. The molecule has 17 heavy (non-hydrogen) atoms. The van der Waals surface area contributed by atoms with E-state index < -0.39 is 23.7 Å². The number of hydrogen-bond donors (Lipinski definition) is 2. The fourth-order valence-electron chi connectivity index (χ4n) is 1.70. The molecule has 0 saturated carbocycles. The summed E-state index contributed by atoms with van der Waals surface area (Å²) in [4.78, 5) is 22.5. The van der Waals surface area contributed by atoms with E-state index in [2.05, 4.69) is 10.6 Å². The molecule has 1 aromatic rings. The Hall–Kier alpha value is -2.11. The number of benzene rings is 1. The number of carbonyl (C=O) groups excluding carboxylic acids is 2. The summed E-state index contributed by atoms with van der Waals surface area (Å²) in [5, 5.41) is 4.54. The molecule has 0 aromatic heterocycles. The zero-order valence-corrected chi connectivity index (χ0v) is 9.12. The number of ether oxygens (including phenoxy) is 1. The van der Waals surface area contributed by atoms with Gasteiger partial charge in [0.05, 0.1) is 13.0 Å². The van der Waals surface area contributed by atoms with Gasteiger partial charge in [-0.1, -0.05) is 0 Å². The van der Waals surface area contributed by atoms with Crippen LogP contribution in [-0.4, -0.2) is 25.6 Å². The second kappa shape index (κ2) is 4.40. The van der Waals surface area contributed by atoms with Crippen molar-refractivity contribution in [2.75, 3.05) is 13.7 Å². The molecule has 1 fully saturated rings. The van der Waals surface area contributed by atoms with Gasteiger partial charge in [0.15, 0.2) is 0 Å². The van der Waals surface area contributed by atoms with Crippen LogP contribution in [0, 0.1) is 5.82 Å². The summed E-state index contributed by atoms with van der Waals surface area (Å²) in [6.45, 7) is 0.0781. The summed E-state index contributed by atoms with van der Waals surface area (Å²) in [5.41, 5.74) is 0.210. The predicted octanol–water partition coefficient (Wildman–Crippen LogP) is 0.757. The predicted molar refractivity (Wildman–Crippen MR) is 57.2 cm³/mol. The summed E-state index contributed by atoms with van der Waals surface area (Å²) < 4.78 is 18.6. The zero-order chi connectivity index (χ0) is 12.4. The highest BCUT2D eigenvalue weighted by Gasteiger charge is 2.29. The first-order valence-corrected chi connectivity index (χ1v) is 5.04. The molecule has 90 valence electrons. The van der Waals surface area contributed by atoms with Crippen LogP contribution >= 0.6 is 0 Å². The van der Waals surface area contributed by atoms with E-state index in [1.54, 1.807) is 0 Å². The van der Waals surface area contributed by atoms with Crippen LogP contribution in [0.1, 0.15) is 11.5 Å². The van der Waals surface area contributed by atoms with Gasteiger partial charge in [-0.05, 0) is 18.2 Å². The maximum Gasteiger partial charge on any atom is 0.321 e. The normalized spacial score (nSPS) is 19.5. The molecule has 6 heteroatoms. The van der Waals surface area contributed by atoms with Crippen molar-refractivity contribution < 1.29 is 18.7 Å². The van der Waals surface area contributed by atoms with Crippen LogP contribution in [0.25, 0.3) is 0 Å². The largest absolute Gasteiger partial charge is 0.497 e. The van der Waals surface area contributed by atoms with E-state index in [9.17, 15) is 14.0 Å². The third-order valence-electron chi connectivity index (χ3n) is 2.60. The molecule has 0 aliphatic carbocycles. The number of urea groups is 1. The lowest BCUT2D eigenvalue weighted by Crippen LogP contribution is -2.51. The number of carbonyl (C=O) groups is 2. The highest BCUT2D eigenvalue weighted by molar-refractivity contribution is 6.00. The third kappa shape index (κ3) is 2.20. The molecular formula is C11H11FN2O3. The van der Waals surface area contributed by atoms with Crippen LogP contribution in [-0.2, 0) is 4.79 Å². The lowest BCUT2D eigenvalue weighted by Gasteiger charge is -2.23. The molecular weight excluding hydrogens is 227 g/mol. The van der Waals surface area contributed by atoms with E-state index in [4.69, 9.17) is 4.74 Å². The van der Waals surface area contributed by atoms with Crippen molar-refractivity contribution >= 4 is 11.9 Å². The number of methoxy groups -OCH3 is 1. The Morgan fingerprint density at radius 2 is 2.18 bits per heavy atom. The summed E-state index contributed by atoms with van der Waals surface area (Å²) in [6.07, 6.45) is 0. The Balaban J connectivity index is 2.33. The lowest BCUT2D eigenvalue weighted by atomic mass is 9.96. The minimum absolute atomic E-state index is 0.0781. The first-order valence-electron chi connectivity index (χ1n) is 5.04. The summed E-state index contributed by atoms with van der Waals surface area (Å²) in [7, 11) is 1.46. The zero-order valence-electron chi connectivity index (χ0n) is 9.12. The van der Waals surface area contributed by atoms with Gasteiger partial charge in [-0.15, -0.1) is 0 Å². The Morgan fingerprint density at radius 1 is 1.41 bits per heavy atom. The summed E-state index contributed by atoms with van der Waals surface area (Å²) in [6, 6.07) is 3.60. The molecule has 1 heterocycles. The monoisotopic (exact) mass is 238 g/mol. The van der Waals surface area contributed by atoms with Gasteiger partial charge in [0.1, 0.15) is 11.6 Å². The molecule has 0 spiro atoms. The Morgan fingerprint density at radius 3 is 2.82 bits per heavy atom. The molecule has 0 bridgehead atoms. The quantitative estimate of drug-likeness (QED) is 0.799. The number of rotatable bonds is 2. The van der Waals surface area contributed by atoms with E-state index in [-0.39, 0.29) is 12.1 Å². The van der Waals surface area contributed by atoms with Crippen molar-refractivity contribution in [2.24, 2.45) is 0 Å². The Labute approximate surface area is 97.0 Å². The summed E-state index contributed by atoms with van der Waals surface area (Å²) in [5.74, 6) is -1.28. The van der Waals surface area contributed by atoms with Crippen LogP contribution in [0.3, 0.4) is 0 Å². The third-order valence-corrected chi connectivity index (χ3v) is 2.60. The van der Waals surface area contributed by atoms with Gasteiger partial charge in [0, 0.05) is 12.1 Å². The van der Waals surface area contributed by atoms with Gasteiger partial charge in [-0.2, -0.15) is 0 Å².